The second-order valence-corrected chi connectivity index (χ2v) is 6.58. The van der Waals surface area contributed by atoms with Gasteiger partial charge >= 0.3 is 0 Å². The molecule has 0 spiro atoms. The van der Waals surface area contributed by atoms with Gasteiger partial charge in [-0.1, -0.05) is 30.7 Å². The minimum Gasteiger partial charge on any atom is -0.341 e. The van der Waals surface area contributed by atoms with E-state index in [1.54, 1.807) is 0 Å². The summed E-state index contributed by atoms with van der Waals surface area (Å²) >= 11 is 5.88. The number of rotatable bonds is 5. The van der Waals surface area contributed by atoms with Crippen molar-refractivity contribution >= 4 is 17.5 Å². The minimum absolute atomic E-state index is 0.232. The summed E-state index contributed by atoms with van der Waals surface area (Å²) in [5, 5.41) is 4.11. The lowest BCUT2D eigenvalue weighted by Crippen LogP contribution is -2.34. The third kappa shape index (κ3) is 5.01. The van der Waals surface area contributed by atoms with E-state index in [-0.39, 0.29) is 5.91 Å². The highest BCUT2D eigenvalue weighted by Crippen LogP contribution is 2.25. The number of carbonyl (C=O) groups is 1. The maximum absolute atomic E-state index is 12.4. The number of halogens is 1. The molecular formula is C17H25ClN2O. The topological polar surface area (TPSA) is 32.3 Å². The Morgan fingerprint density at radius 1 is 1.33 bits per heavy atom. The van der Waals surface area contributed by atoms with Crippen LogP contribution in [0.25, 0.3) is 0 Å². The van der Waals surface area contributed by atoms with Crippen LogP contribution in [0.15, 0.2) is 24.3 Å². The van der Waals surface area contributed by atoms with E-state index in [2.05, 4.69) is 12.2 Å². The van der Waals surface area contributed by atoms with Crippen molar-refractivity contribution in [1.29, 1.82) is 0 Å². The molecule has 1 aromatic carbocycles. The Morgan fingerprint density at radius 3 is 2.57 bits per heavy atom. The fourth-order valence-corrected chi connectivity index (χ4v) is 3.09. The van der Waals surface area contributed by atoms with Gasteiger partial charge in [0, 0.05) is 25.0 Å². The number of benzene rings is 1. The van der Waals surface area contributed by atoms with Crippen LogP contribution >= 0.6 is 11.6 Å². The molecule has 2 rings (SSSR count). The van der Waals surface area contributed by atoms with E-state index in [4.69, 9.17) is 11.6 Å². The molecule has 21 heavy (non-hydrogen) atoms. The van der Waals surface area contributed by atoms with Gasteiger partial charge in [-0.25, -0.2) is 0 Å². The molecule has 1 fully saturated rings. The zero-order valence-electron chi connectivity index (χ0n) is 12.9. The molecule has 1 amide bonds. The number of hydrogen-bond donors (Lipinski definition) is 1. The first-order valence-electron chi connectivity index (χ1n) is 7.75. The van der Waals surface area contributed by atoms with Crippen molar-refractivity contribution < 1.29 is 4.79 Å². The number of hydrogen-bond acceptors (Lipinski definition) is 2. The first kappa shape index (κ1) is 16.3. The van der Waals surface area contributed by atoms with Gasteiger partial charge < -0.3 is 10.2 Å². The van der Waals surface area contributed by atoms with E-state index in [0.29, 0.717) is 24.8 Å². The second-order valence-electron chi connectivity index (χ2n) is 6.15. The van der Waals surface area contributed by atoms with Crippen molar-refractivity contribution in [2.75, 3.05) is 20.1 Å². The van der Waals surface area contributed by atoms with Crippen LogP contribution in [0.1, 0.15) is 31.7 Å². The summed E-state index contributed by atoms with van der Waals surface area (Å²) in [6, 6.07) is 7.68. The van der Waals surface area contributed by atoms with E-state index >= 15 is 0 Å². The van der Waals surface area contributed by atoms with E-state index < -0.39 is 0 Å². The van der Waals surface area contributed by atoms with E-state index in [1.807, 2.05) is 36.2 Å². The molecule has 1 saturated heterocycles. The Hall–Kier alpha value is -1.06. The number of amides is 1. The fourth-order valence-electron chi connectivity index (χ4n) is 2.96. The fraction of sp³-hybridized carbons (Fsp3) is 0.588. The van der Waals surface area contributed by atoms with Crippen LogP contribution < -0.4 is 5.32 Å². The molecule has 1 aromatic rings. The van der Waals surface area contributed by atoms with Gasteiger partial charge in [-0.3, -0.25) is 4.79 Å². The molecule has 0 radical (unpaired) electrons. The molecule has 0 aliphatic carbocycles. The SMILES string of the molecule is CC(CC(=O)N(C)Cc1ccc(Cl)cc1)C1CCNCC1. The zero-order chi connectivity index (χ0) is 15.2. The lowest BCUT2D eigenvalue weighted by atomic mass is 9.84. The van der Waals surface area contributed by atoms with Crippen molar-refractivity contribution in [3.8, 4) is 0 Å². The standard InChI is InChI=1S/C17H25ClN2O/c1-13(15-7-9-19-10-8-15)11-17(21)20(2)12-14-3-5-16(18)6-4-14/h3-6,13,15,19H,7-12H2,1-2H3. The molecule has 1 N–H and O–H groups in total. The number of nitrogens with one attached hydrogen (secondary N) is 1. The van der Waals surface area contributed by atoms with Crippen molar-refractivity contribution in [3.63, 3.8) is 0 Å². The van der Waals surface area contributed by atoms with Gasteiger partial charge in [0.05, 0.1) is 0 Å². The van der Waals surface area contributed by atoms with E-state index in [1.165, 1.54) is 12.8 Å². The average molecular weight is 309 g/mol. The molecule has 0 aromatic heterocycles. The number of carbonyl (C=O) groups excluding carboxylic acids is 1. The van der Waals surface area contributed by atoms with Gasteiger partial charge in [-0.05, 0) is 55.5 Å². The summed E-state index contributed by atoms with van der Waals surface area (Å²) in [7, 11) is 1.88. The highest BCUT2D eigenvalue weighted by Gasteiger charge is 2.23. The number of nitrogens with zero attached hydrogens (tertiary/aromatic N) is 1. The molecule has 4 heteroatoms. The Balaban J connectivity index is 1.82. The Morgan fingerprint density at radius 2 is 1.95 bits per heavy atom. The highest BCUT2D eigenvalue weighted by atomic mass is 35.5. The first-order valence-corrected chi connectivity index (χ1v) is 8.13. The van der Waals surface area contributed by atoms with Crippen molar-refractivity contribution in [2.45, 2.75) is 32.7 Å². The van der Waals surface area contributed by atoms with Crippen molar-refractivity contribution in [3.05, 3.63) is 34.9 Å². The molecule has 0 bridgehead atoms. The third-order valence-electron chi connectivity index (χ3n) is 4.44. The molecule has 116 valence electrons. The lowest BCUT2D eigenvalue weighted by molar-refractivity contribution is -0.131. The molecule has 1 atom stereocenters. The van der Waals surface area contributed by atoms with Gasteiger partial charge in [-0.2, -0.15) is 0 Å². The van der Waals surface area contributed by atoms with Crippen LogP contribution in [0.2, 0.25) is 5.02 Å². The molecule has 1 unspecified atom stereocenters. The number of piperidine rings is 1. The first-order chi connectivity index (χ1) is 10.1. The van der Waals surface area contributed by atoms with E-state index in [0.717, 1.165) is 23.7 Å². The predicted octanol–water partition coefficient (Wildman–Crippen LogP) is 3.32. The molecule has 1 aliphatic rings. The van der Waals surface area contributed by atoms with Gasteiger partial charge in [0.2, 0.25) is 5.91 Å². The lowest BCUT2D eigenvalue weighted by Gasteiger charge is -2.29. The molecule has 1 heterocycles. The van der Waals surface area contributed by atoms with Gasteiger partial charge in [0.15, 0.2) is 0 Å². The summed E-state index contributed by atoms with van der Waals surface area (Å²) in [5.74, 6) is 1.38. The van der Waals surface area contributed by atoms with E-state index in [9.17, 15) is 4.79 Å². The van der Waals surface area contributed by atoms with Gasteiger partial charge in [0.1, 0.15) is 0 Å². The van der Waals surface area contributed by atoms with Gasteiger partial charge in [0.25, 0.3) is 0 Å². The largest absolute Gasteiger partial charge is 0.341 e. The average Bonchev–Trinajstić information content (AvgIpc) is 2.50. The predicted molar refractivity (Wildman–Crippen MR) is 87.3 cm³/mol. The maximum atomic E-state index is 12.4. The smallest absolute Gasteiger partial charge is 0.222 e. The van der Waals surface area contributed by atoms with Crippen molar-refractivity contribution in [2.24, 2.45) is 11.8 Å². The van der Waals surface area contributed by atoms with Gasteiger partial charge in [-0.15, -0.1) is 0 Å². The van der Waals surface area contributed by atoms with Crippen molar-refractivity contribution in [1.82, 2.24) is 10.2 Å². The Labute approximate surface area is 132 Å². The normalized spacial score (nSPS) is 17.5. The second kappa shape index (κ2) is 7.81. The summed E-state index contributed by atoms with van der Waals surface area (Å²) in [4.78, 5) is 14.2. The Bertz CT molecular complexity index is 454. The van der Waals surface area contributed by atoms with Crippen LogP contribution in [0.5, 0.6) is 0 Å². The maximum Gasteiger partial charge on any atom is 0.222 e. The van der Waals surface area contributed by atoms with Crippen LogP contribution in [0, 0.1) is 11.8 Å². The third-order valence-corrected chi connectivity index (χ3v) is 4.70. The van der Waals surface area contributed by atoms with Crippen LogP contribution in [0.4, 0.5) is 0 Å². The summed E-state index contributed by atoms with van der Waals surface area (Å²) in [5.41, 5.74) is 1.12. The summed E-state index contributed by atoms with van der Waals surface area (Å²) in [6.07, 6.45) is 3.03. The zero-order valence-corrected chi connectivity index (χ0v) is 13.7. The minimum atomic E-state index is 0.232. The molecule has 1 aliphatic heterocycles. The quantitative estimate of drug-likeness (QED) is 0.905. The molecule has 0 saturated carbocycles. The van der Waals surface area contributed by atoms with Crippen LogP contribution in [0.3, 0.4) is 0 Å². The molecule has 3 nitrogen and oxygen atoms in total. The monoisotopic (exact) mass is 308 g/mol. The summed E-state index contributed by atoms with van der Waals surface area (Å²) in [6.45, 7) is 5.03. The van der Waals surface area contributed by atoms with Crippen LogP contribution in [-0.4, -0.2) is 30.9 Å². The van der Waals surface area contributed by atoms with Crippen LogP contribution in [-0.2, 0) is 11.3 Å². The summed E-state index contributed by atoms with van der Waals surface area (Å²) < 4.78 is 0. The molecular weight excluding hydrogens is 284 g/mol. The highest BCUT2D eigenvalue weighted by molar-refractivity contribution is 6.30. The Kier molecular flexibility index (Phi) is 6.07.